The number of nitrogens with two attached hydrogens (primary N) is 1. The van der Waals surface area contributed by atoms with E-state index in [4.69, 9.17) is 11.1 Å². The lowest BCUT2D eigenvalue weighted by molar-refractivity contribution is -0.130. The van der Waals surface area contributed by atoms with Crippen molar-refractivity contribution < 1.29 is 27.6 Å². The lowest BCUT2D eigenvalue weighted by Gasteiger charge is -2.33. The highest BCUT2D eigenvalue weighted by Gasteiger charge is 2.30. The number of rotatable bonds is 8. The Morgan fingerprint density at radius 2 is 1.25 bits per heavy atom. The zero-order valence-electron chi connectivity index (χ0n) is 31.6. The van der Waals surface area contributed by atoms with Crippen LogP contribution in [0.15, 0.2) is 103 Å². The molecule has 0 spiro atoms. The first-order valence-corrected chi connectivity index (χ1v) is 20.7. The van der Waals surface area contributed by atoms with Crippen LogP contribution >= 0.6 is 0 Å². The van der Waals surface area contributed by atoms with Gasteiger partial charge in [0.25, 0.3) is 0 Å². The molecule has 6 bridgehead atoms. The number of nitrogens with one attached hydrogen (secondary N) is 5. The minimum absolute atomic E-state index is 0.0591. The van der Waals surface area contributed by atoms with Crippen LogP contribution < -0.4 is 27.0 Å². The average molecular weight is 793 g/mol. The Labute approximate surface area is 332 Å². The molecule has 1 fully saturated rings. The highest BCUT2D eigenvalue weighted by atomic mass is 32.2. The second kappa shape index (κ2) is 18.8. The Kier molecular flexibility index (Phi) is 13.5. The van der Waals surface area contributed by atoms with Gasteiger partial charge in [-0.15, -0.1) is 0 Å². The van der Waals surface area contributed by atoms with Crippen molar-refractivity contribution in [2.24, 2.45) is 11.7 Å². The summed E-state index contributed by atoms with van der Waals surface area (Å²) in [6.45, 7) is 3.04. The number of hydrogen-bond acceptors (Lipinski definition) is 9. The summed E-state index contributed by atoms with van der Waals surface area (Å²) < 4.78 is 27.3. The van der Waals surface area contributed by atoms with Crippen molar-refractivity contribution in [2.45, 2.75) is 31.2 Å². The Morgan fingerprint density at radius 3 is 1.77 bits per heavy atom. The van der Waals surface area contributed by atoms with Crippen molar-refractivity contribution in [3.8, 4) is 0 Å². The van der Waals surface area contributed by atoms with Crippen LogP contribution in [-0.2, 0) is 54.2 Å². The van der Waals surface area contributed by atoms with E-state index in [0.29, 0.717) is 59.8 Å². The van der Waals surface area contributed by atoms with E-state index in [1.165, 1.54) is 0 Å². The normalized spacial score (nSPS) is 20.8. The van der Waals surface area contributed by atoms with Gasteiger partial charge in [-0.2, -0.15) is 0 Å². The maximum absolute atomic E-state index is 14.2. The number of carbonyl (C=O) groups excluding carboxylic acids is 4. The fourth-order valence-electron chi connectivity index (χ4n) is 6.92. The number of sulfone groups is 1. The predicted octanol–water partition coefficient (Wildman–Crippen LogP) is 2.30. The van der Waals surface area contributed by atoms with Gasteiger partial charge in [-0.1, -0.05) is 78.9 Å². The molecular weight excluding hydrogens is 745 g/mol. The van der Waals surface area contributed by atoms with Crippen LogP contribution in [0.25, 0.3) is 0 Å². The summed E-state index contributed by atoms with van der Waals surface area (Å²) in [4.78, 5) is 58.1. The summed E-state index contributed by atoms with van der Waals surface area (Å²) in [5.41, 5.74) is 9.99. The number of amidine groups is 1. The smallest absolute Gasteiger partial charge is 0.243 e. The van der Waals surface area contributed by atoms with Crippen LogP contribution in [-0.4, -0.2) is 98.7 Å². The molecule has 1 saturated heterocycles. The van der Waals surface area contributed by atoms with E-state index in [2.05, 4.69) is 21.3 Å². The predicted molar refractivity (Wildman–Crippen MR) is 219 cm³/mol. The number of benzene rings is 4. The third-order valence-electron chi connectivity index (χ3n) is 10.0. The van der Waals surface area contributed by atoms with Crippen LogP contribution in [0.3, 0.4) is 0 Å². The van der Waals surface area contributed by atoms with E-state index in [0.717, 1.165) is 5.56 Å². The van der Waals surface area contributed by atoms with Gasteiger partial charge < -0.3 is 27.0 Å². The second-order valence-electron chi connectivity index (χ2n) is 14.6. The number of fused-ring (bicyclic) bond motifs is 1. The van der Waals surface area contributed by atoms with Crippen LogP contribution in [0.2, 0.25) is 0 Å². The molecule has 14 nitrogen and oxygen atoms in total. The first-order valence-electron chi connectivity index (χ1n) is 18.9. The number of anilines is 2. The molecule has 0 aliphatic carbocycles. The summed E-state index contributed by atoms with van der Waals surface area (Å²) in [6, 6.07) is 28.5. The number of nitrogen functional groups attached to an aromatic ring is 1. The second-order valence-corrected chi connectivity index (χ2v) is 16.7. The molecule has 6 aliphatic rings. The minimum atomic E-state index is -3.80. The van der Waals surface area contributed by atoms with Crippen molar-refractivity contribution >= 4 is 50.7 Å². The van der Waals surface area contributed by atoms with Crippen molar-refractivity contribution in [1.29, 1.82) is 5.41 Å². The zero-order valence-corrected chi connectivity index (χ0v) is 32.4. The molecule has 0 aromatic heterocycles. The Balaban J connectivity index is 1.28. The molecule has 0 saturated carbocycles. The molecule has 7 N–H and O–H groups in total. The summed E-state index contributed by atoms with van der Waals surface area (Å²) in [5, 5.41) is 19.2. The van der Waals surface area contributed by atoms with E-state index >= 15 is 0 Å². The number of carbonyl (C=O) groups is 4. The van der Waals surface area contributed by atoms with E-state index in [1.54, 1.807) is 103 Å². The first kappa shape index (κ1) is 40.8. The summed E-state index contributed by atoms with van der Waals surface area (Å²) in [7, 11) is -3.80. The summed E-state index contributed by atoms with van der Waals surface area (Å²) in [5.74, 6) is -3.32. The van der Waals surface area contributed by atoms with Crippen molar-refractivity contribution in [2.75, 3.05) is 55.7 Å². The number of hydrogen-bond donors (Lipinski definition) is 6. The van der Waals surface area contributed by atoms with Crippen molar-refractivity contribution in [3.63, 3.8) is 0 Å². The van der Waals surface area contributed by atoms with Crippen LogP contribution in [0.5, 0.6) is 0 Å². The van der Waals surface area contributed by atoms with Gasteiger partial charge in [0.15, 0.2) is 9.84 Å². The van der Waals surface area contributed by atoms with Gasteiger partial charge in [-0.3, -0.25) is 34.4 Å². The monoisotopic (exact) mass is 792 g/mol. The average Bonchev–Trinajstić information content (AvgIpc) is 3.18. The van der Waals surface area contributed by atoms with Gasteiger partial charge >= 0.3 is 0 Å². The molecule has 15 heteroatoms. The minimum Gasteiger partial charge on any atom is -0.384 e. The first-order chi connectivity index (χ1) is 27.4. The van der Waals surface area contributed by atoms with Gasteiger partial charge in [0.05, 0.1) is 30.5 Å². The fourth-order valence-corrected chi connectivity index (χ4v) is 8.62. The van der Waals surface area contributed by atoms with E-state index < -0.39 is 39.4 Å². The molecule has 6 heterocycles. The molecule has 4 amide bonds. The van der Waals surface area contributed by atoms with Gasteiger partial charge in [0.1, 0.15) is 11.9 Å². The third-order valence-corrected chi connectivity index (χ3v) is 11.7. The largest absolute Gasteiger partial charge is 0.384 e. The van der Waals surface area contributed by atoms with E-state index in [9.17, 15) is 27.6 Å². The van der Waals surface area contributed by atoms with Crippen molar-refractivity contribution in [3.05, 3.63) is 131 Å². The van der Waals surface area contributed by atoms with Gasteiger partial charge in [-0.05, 0) is 52.9 Å². The number of piperazine rings is 1. The molecule has 57 heavy (non-hydrogen) atoms. The summed E-state index contributed by atoms with van der Waals surface area (Å²) >= 11 is 0. The molecule has 4 aromatic rings. The SMILES string of the molecule is N=C(N)c1ccc(CNC(=O)[C@@H]2Cc3ccc(cc3)NC(=O)CN3CCN(CC3)CC(=O)Nc3ccc(cc3)C[C@@H](CS(=O)(=O)Cc3ccccc3)C(=O)N2)cc1. The molecule has 2 atom stereocenters. The zero-order chi connectivity index (χ0) is 40.4. The Morgan fingerprint density at radius 1 is 0.719 bits per heavy atom. The van der Waals surface area contributed by atoms with E-state index in [-0.39, 0.29) is 55.9 Å². The van der Waals surface area contributed by atoms with Gasteiger partial charge in [0, 0.05) is 56.1 Å². The molecule has 298 valence electrons. The van der Waals surface area contributed by atoms with Crippen LogP contribution in [0, 0.1) is 11.3 Å². The Bertz CT molecular complexity index is 2160. The number of nitrogens with zero attached hydrogens (tertiary/aromatic N) is 2. The fraction of sp³-hybridized carbons (Fsp3) is 0.310. The van der Waals surface area contributed by atoms with Crippen LogP contribution in [0.1, 0.15) is 27.8 Å². The van der Waals surface area contributed by atoms with Gasteiger partial charge in [0.2, 0.25) is 23.6 Å². The topological polar surface area (TPSA) is 207 Å². The Hall–Kier alpha value is -5.90. The highest BCUT2D eigenvalue weighted by Crippen LogP contribution is 2.19. The van der Waals surface area contributed by atoms with Crippen LogP contribution in [0.4, 0.5) is 11.4 Å². The third kappa shape index (κ3) is 12.3. The van der Waals surface area contributed by atoms with Crippen molar-refractivity contribution in [1.82, 2.24) is 20.4 Å². The quantitative estimate of drug-likeness (QED) is 0.114. The molecular formula is C42H48N8O6S. The molecule has 4 aromatic carbocycles. The van der Waals surface area contributed by atoms with E-state index in [1.807, 2.05) is 9.80 Å². The lowest BCUT2D eigenvalue weighted by Crippen LogP contribution is -2.50. The number of amides is 4. The molecule has 10 rings (SSSR count). The summed E-state index contributed by atoms with van der Waals surface area (Å²) in [6.07, 6.45) is 0.140. The molecule has 6 aliphatic heterocycles. The standard InChI is InChI=1S/C42H48N8O6S/c43-40(44)33-12-6-31(7-13-33)24-45-42(54)37-23-30-10-16-36(17-11-30)47-39(52)26-50-20-18-49(19-21-50)25-38(51)46-35-14-8-29(9-15-35)22-34(41(53)48-37)28-57(55,56)27-32-4-2-1-3-5-32/h1-17,34,37H,18-28H2,(H3,43,44)(H,45,54)(H,46,51)(H,47,52)(H,48,53)/t34-,37-/m0/s1. The lowest BCUT2D eigenvalue weighted by atomic mass is 9.98. The van der Waals surface area contributed by atoms with Gasteiger partial charge in [-0.25, -0.2) is 8.42 Å². The maximum atomic E-state index is 14.2. The molecule has 0 unspecified atom stereocenters. The molecule has 0 radical (unpaired) electrons. The maximum Gasteiger partial charge on any atom is 0.243 e. The highest BCUT2D eigenvalue weighted by molar-refractivity contribution is 7.90.